The molecule has 1 saturated carbocycles. The van der Waals surface area contributed by atoms with E-state index in [4.69, 9.17) is 11.5 Å². The predicted molar refractivity (Wildman–Crippen MR) is 61.6 cm³/mol. The lowest BCUT2D eigenvalue weighted by Gasteiger charge is -2.24. The van der Waals surface area contributed by atoms with Gasteiger partial charge in [0.1, 0.15) is 11.9 Å². The number of amides is 1. The standard InChI is InChI=1S/C10H14N4OS/c11-9(15)10(12,7-1-2-7)5-16-8-3-4-13-6-14-8/h3-4,6-7H,1-2,5,12H2,(H2,11,15). The number of thioether (sulfide) groups is 1. The summed E-state index contributed by atoms with van der Waals surface area (Å²) in [5.41, 5.74) is 10.5. The Kier molecular flexibility index (Phi) is 3.11. The molecule has 0 saturated heterocycles. The third-order valence-electron chi connectivity index (χ3n) is 2.78. The molecule has 0 spiro atoms. The second-order valence-electron chi connectivity index (χ2n) is 4.02. The van der Waals surface area contributed by atoms with Gasteiger partial charge in [-0.05, 0) is 24.8 Å². The summed E-state index contributed by atoms with van der Waals surface area (Å²) in [6, 6.07) is 1.79. The second kappa shape index (κ2) is 4.39. The number of hydrogen-bond donors (Lipinski definition) is 2. The van der Waals surface area contributed by atoms with Gasteiger partial charge in [-0.3, -0.25) is 4.79 Å². The Labute approximate surface area is 98.0 Å². The molecule has 1 atom stereocenters. The van der Waals surface area contributed by atoms with E-state index in [9.17, 15) is 4.79 Å². The molecule has 1 aromatic heterocycles. The van der Waals surface area contributed by atoms with Crippen molar-refractivity contribution in [1.82, 2.24) is 9.97 Å². The average molecular weight is 238 g/mol. The molecular formula is C10H14N4OS. The number of aromatic nitrogens is 2. The van der Waals surface area contributed by atoms with Crippen LogP contribution < -0.4 is 11.5 Å². The normalized spacial score (nSPS) is 19.1. The smallest absolute Gasteiger partial charge is 0.238 e. The van der Waals surface area contributed by atoms with Crippen molar-refractivity contribution in [3.63, 3.8) is 0 Å². The predicted octanol–water partition coefficient (Wildman–Crippen LogP) is 0.161. The summed E-state index contributed by atoms with van der Waals surface area (Å²) < 4.78 is 0. The van der Waals surface area contributed by atoms with Crippen molar-refractivity contribution in [3.05, 3.63) is 18.6 Å². The largest absolute Gasteiger partial charge is 0.368 e. The molecule has 1 aliphatic rings. The van der Waals surface area contributed by atoms with Crippen LogP contribution in [0.3, 0.4) is 0 Å². The Morgan fingerprint density at radius 2 is 2.38 bits per heavy atom. The molecule has 1 amide bonds. The van der Waals surface area contributed by atoms with Crippen molar-refractivity contribution in [2.24, 2.45) is 17.4 Å². The fraction of sp³-hybridized carbons (Fsp3) is 0.500. The van der Waals surface area contributed by atoms with Gasteiger partial charge >= 0.3 is 0 Å². The van der Waals surface area contributed by atoms with Gasteiger partial charge in [0.2, 0.25) is 5.91 Å². The van der Waals surface area contributed by atoms with Crippen LogP contribution in [0.2, 0.25) is 0 Å². The van der Waals surface area contributed by atoms with Crippen molar-refractivity contribution in [2.45, 2.75) is 23.4 Å². The molecule has 6 heteroatoms. The van der Waals surface area contributed by atoms with E-state index in [1.807, 2.05) is 0 Å². The number of carbonyl (C=O) groups is 1. The highest BCUT2D eigenvalue weighted by Crippen LogP contribution is 2.40. The Balaban J connectivity index is 2.00. The van der Waals surface area contributed by atoms with Crippen LogP contribution in [-0.2, 0) is 4.79 Å². The maximum atomic E-state index is 11.4. The molecule has 1 fully saturated rings. The fourth-order valence-electron chi connectivity index (χ4n) is 1.55. The Bertz CT molecular complexity index is 382. The van der Waals surface area contributed by atoms with Gasteiger partial charge in [0.15, 0.2) is 0 Å². The highest BCUT2D eigenvalue weighted by molar-refractivity contribution is 7.99. The van der Waals surface area contributed by atoms with E-state index in [0.29, 0.717) is 5.75 Å². The third-order valence-corrected chi connectivity index (χ3v) is 3.94. The molecule has 0 aromatic carbocycles. The SMILES string of the molecule is NC(=O)C(N)(CSc1ccncn1)C1CC1. The lowest BCUT2D eigenvalue weighted by atomic mass is 9.96. The summed E-state index contributed by atoms with van der Waals surface area (Å²) in [6.07, 6.45) is 5.12. The Hall–Kier alpha value is -1.14. The minimum Gasteiger partial charge on any atom is -0.368 e. The molecule has 4 N–H and O–H groups in total. The number of primary amides is 1. The number of rotatable bonds is 5. The first-order chi connectivity index (χ1) is 7.63. The highest BCUT2D eigenvalue weighted by Gasteiger charge is 2.46. The summed E-state index contributed by atoms with van der Waals surface area (Å²) in [5.74, 6) is 0.292. The van der Waals surface area contributed by atoms with Gasteiger partial charge in [-0.2, -0.15) is 0 Å². The van der Waals surface area contributed by atoms with Crippen LogP contribution in [0.25, 0.3) is 0 Å². The zero-order chi connectivity index (χ0) is 11.6. The van der Waals surface area contributed by atoms with Crippen LogP contribution in [0.15, 0.2) is 23.6 Å². The van der Waals surface area contributed by atoms with Crippen molar-refractivity contribution in [2.75, 3.05) is 5.75 Å². The van der Waals surface area contributed by atoms with Crippen LogP contribution in [0, 0.1) is 5.92 Å². The van der Waals surface area contributed by atoms with Crippen LogP contribution in [0.4, 0.5) is 0 Å². The van der Waals surface area contributed by atoms with Crippen LogP contribution >= 0.6 is 11.8 Å². The zero-order valence-electron chi connectivity index (χ0n) is 8.80. The average Bonchev–Trinajstić information content (AvgIpc) is 3.11. The second-order valence-corrected chi connectivity index (χ2v) is 5.01. The zero-order valence-corrected chi connectivity index (χ0v) is 9.61. The summed E-state index contributed by atoms with van der Waals surface area (Å²) in [6.45, 7) is 0. The monoisotopic (exact) mass is 238 g/mol. The van der Waals surface area contributed by atoms with Crippen LogP contribution in [0.5, 0.6) is 0 Å². The van der Waals surface area contributed by atoms with Gasteiger partial charge in [-0.1, -0.05) is 0 Å². The van der Waals surface area contributed by atoms with Gasteiger partial charge in [-0.15, -0.1) is 11.8 Å². The van der Waals surface area contributed by atoms with E-state index in [2.05, 4.69) is 9.97 Å². The molecule has 0 aliphatic heterocycles. The van der Waals surface area contributed by atoms with Crippen LogP contribution in [0.1, 0.15) is 12.8 Å². The van der Waals surface area contributed by atoms with Crippen molar-refractivity contribution >= 4 is 17.7 Å². The van der Waals surface area contributed by atoms with Gasteiger partial charge in [0.05, 0.1) is 5.03 Å². The van der Waals surface area contributed by atoms with E-state index >= 15 is 0 Å². The van der Waals surface area contributed by atoms with E-state index in [-0.39, 0.29) is 5.92 Å². The Morgan fingerprint density at radius 3 is 2.88 bits per heavy atom. The lowest BCUT2D eigenvalue weighted by Crippen LogP contribution is -2.56. The first-order valence-electron chi connectivity index (χ1n) is 5.10. The third kappa shape index (κ3) is 2.33. The highest BCUT2D eigenvalue weighted by atomic mass is 32.2. The fourth-order valence-corrected chi connectivity index (χ4v) is 2.59. The van der Waals surface area contributed by atoms with Crippen LogP contribution in [-0.4, -0.2) is 27.2 Å². The molecule has 0 bridgehead atoms. The maximum Gasteiger partial charge on any atom is 0.238 e. The molecule has 2 rings (SSSR count). The van der Waals surface area contributed by atoms with Gasteiger partial charge in [-0.25, -0.2) is 9.97 Å². The maximum absolute atomic E-state index is 11.4. The number of nitrogens with zero attached hydrogens (tertiary/aromatic N) is 2. The van der Waals surface area contributed by atoms with Gasteiger partial charge in [0, 0.05) is 11.9 Å². The molecule has 16 heavy (non-hydrogen) atoms. The Morgan fingerprint density at radius 1 is 1.62 bits per heavy atom. The topological polar surface area (TPSA) is 94.9 Å². The molecule has 1 heterocycles. The summed E-state index contributed by atoms with van der Waals surface area (Å²) >= 11 is 1.45. The van der Waals surface area contributed by atoms with Crippen molar-refractivity contribution in [3.8, 4) is 0 Å². The first kappa shape index (κ1) is 11.3. The minimum atomic E-state index is -0.893. The quantitative estimate of drug-likeness (QED) is 0.563. The minimum absolute atomic E-state index is 0.235. The van der Waals surface area contributed by atoms with Gasteiger partial charge < -0.3 is 11.5 Å². The number of nitrogens with two attached hydrogens (primary N) is 2. The molecule has 1 aromatic rings. The number of carbonyl (C=O) groups excluding carboxylic acids is 1. The van der Waals surface area contributed by atoms with E-state index in [1.165, 1.54) is 18.1 Å². The molecular weight excluding hydrogens is 224 g/mol. The van der Waals surface area contributed by atoms with E-state index in [1.54, 1.807) is 12.3 Å². The summed E-state index contributed by atoms with van der Waals surface area (Å²) in [5, 5.41) is 0.812. The molecule has 86 valence electrons. The molecule has 1 unspecified atom stereocenters. The molecule has 0 radical (unpaired) electrons. The van der Waals surface area contributed by atoms with Crippen molar-refractivity contribution in [1.29, 1.82) is 0 Å². The van der Waals surface area contributed by atoms with E-state index < -0.39 is 11.4 Å². The van der Waals surface area contributed by atoms with Gasteiger partial charge in [0.25, 0.3) is 0 Å². The van der Waals surface area contributed by atoms with Crippen molar-refractivity contribution < 1.29 is 4.79 Å². The number of hydrogen-bond acceptors (Lipinski definition) is 5. The summed E-state index contributed by atoms with van der Waals surface area (Å²) in [7, 11) is 0. The van der Waals surface area contributed by atoms with E-state index in [0.717, 1.165) is 17.9 Å². The lowest BCUT2D eigenvalue weighted by molar-refractivity contribution is -0.123. The molecule has 1 aliphatic carbocycles. The molecule has 5 nitrogen and oxygen atoms in total. The summed E-state index contributed by atoms with van der Waals surface area (Å²) in [4.78, 5) is 19.3. The first-order valence-corrected chi connectivity index (χ1v) is 6.09.